The molecule has 24 heavy (non-hydrogen) atoms. The molecule has 2 aromatic rings. The highest BCUT2D eigenvalue weighted by Gasteiger charge is 2.23. The first-order valence-electron chi connectivity index (χ1n) is 8.26. The molecule has 0 spiro atoms. The molecule has 0 bridgehead atoms. The van der Waals surface area contributed by atoms with E-state index in [2.05, 4.69) is 44.5 Å². The summed E-state index contributed by atoms with van der Waals surface area (Å²) in [7, 11) is 1.69. The van der Waals surface area contributed by atoms with Crippen LogP contribution in [0.5, 0.6) is 11.6 Å². The Morgan fingerprint density at radius 1 is 1.04 bits per heavy atom. The van der Waals surface area contributed by atoms with E-state index in [9.17, 15) is 0 Å². The van der Waals surface area contributed by atoms with Crippen LogP contribution < -0.4 is 19.3 Å². The van der Waals surface area contributed by atoms with Crippen LogP contribution in [0.3, 0.4) is 0 Å². The molecule has 1 fully saturated rings. The zero-order valence-electron chi connectivity index (χ0n) is 14.4. The van der Waals surface area contributed by atoms with Crippen LogP contribution in [0.1, 0.15) is 13.8 Å². The van der Waals surface area contributed by atoms with E-state index in [0.29, 0.717) is 18.4 Å². The molecule has 0 radical (unpaired) electrons. The molecule has 0 aliphatic carbocycles. The molecule has 1 aromatic heterocycles. The molecule has 7 heteroatoms. The Bertz CT molecular complexity index is 636. The van der Waals surface area contributed by atoms with Gasteiger partial charge in [-0.05, 0) is 30.2 Å². The van der Waals surface area contributed by atoms with Crippen molar-refractivity contribution >= 4 is 23.2 Å². The second kappa shape index (κ2) is 7.70. The Labute approximate surface area is 147 Å². The van der Waals surface area contributed by atoms with Gasteiger partial charge in [-0.25, -0.2) is 0 Å². The number of aromatic nitrogens is 2. The summed E-state index contributed by atoms with van der Waals surface area (Å²) in [5.74, 6) is 2.92. The van der Waals surface area contributed by atoms with Crippen molar-refractivity contribution in [2.45, 2.75) is 13.8 Å². The number of piperazine rings is 1. The molecule has 6 nitrogen and oxygen atoms in total. The summed E-state index contributed by atoms with van der Waals surface area (Å²) in [5.41, 5.74) is 1.23. The molecule has 2 heterocycles. The molecule has 0 saturated carbocycles. The number of nitrogens with zero attached hydrogens (tertiary/aromatic N) is 4. The highest BCUT2D eigenvalue weighted by atomic mass is 32.1. The molecular formula is C17H24N4O2S. The van der Waals surface area contributed by atoms with Crippen molar-refractivity contribution in [3.05, 3.63) is 24.3 Å². The van der Waals surface area contributed by atoms with Crippen LogP contribution in [0.25, 0.3) is 0 Å². The van der Waals surface area contributed by atoms with Crippen LogP contribution in [0.4, 0.5) is 11.5 Å². The van der Waals surface area contributed by atoms with E-state index in [-0.39, 0.29) is 0 Å². The summed E-state index contributed by atoms with van der Waals surface area (Å²) in [5, 5.41) is 0. The van der Waals surface area contributed by atoms with Crippen molar-refractivity contribution in [1.29, 1.82) is 0 Å². The molecular weight excluding hydrogens is 324 g/mol. The lowest BCUT2D eigenvalue weighted by Crippen LogP contribution is -2.46. The maximum atomic E-state index is 5.80. The van der Waals surface area contributed by atoms with Gasteiger partial charge in [0, 0.05) is 31.9 Å². The van der Waals surface area contributed by atoms with Crippen LogP contribution >= 0.6 is 11.7 Å². The van der Waals surface area contributed by atoms with E-state index < -0.39 is 0 Å². The topological polar surface area (TPSA) is 50.7 Å². The maximum Gasteiger partial charge on any atom is 0.270 e. The third-order valence-electron chi connectivity index (χ3n) is 4.01. The lowest BCUT2D eigenvalue weighted by atomic mass is 10.2. The number of rotatable bonds is 6. The van der Waals surface area contributed by atoms with Crippen molar-refractivity contribution in [3.8, 4) is 11.6 Å². The molecule has 0 atom stereocenters. The van der Waals surface area contributed by atoms with Crippen LogP contribution in [0, 0.1) is 5.92 Å². The first-order valence-corrected chi connectivity index (χ1v) is 8.99. The lowest BCUT2D eigenvalue weighted by molar-refractivity contribution is 0.263. The quantitative estimate of drug-likeness (QED) is 0.800. The SMILES string of the molecule is COc1ccc(N2CCN(c3nsnc3OCC(C)C)CC2)cc1. The summed E-state index contributed by atoms with van der Waals surface area (Å²) in [6, 6.07) is 8.22. The smallest absolute Gasteiger partial charge is 0.270 e. The summed E-state index contributed by atoms with van der Waals surface area (Å²) < 4.78 is 19.8. The van der Waals surface area contributed by atoms with Gasteiger partial charge in [-0.15, -0.1) is 4.37 Å². The lowest BCUT2D eigenvalue weighted by Gasteiger charge is -2.36. The van der Waals surface area contributed by atoms with Gasteiger partial charge in [0.05, 0.1) is 25.4 Å². The zero-order valence-corrected chi connectivity index (χ0v) is 15.3. The molecule has 1 aromatic carbocycles. The van der Waals surface area contributed by atoms with Crippen molar-refractivity contribution in [3.63, 3.8) is 0 Å². The largest absolute Gasteiger partial charge is 0.497 e. The van der Waals surface area contributed by atoms with E-state index in [1.54, 1.807) is 7.11 Å². The summed E-state index contributed by atoms with van der Waals surface area (Å²) in [6.45, 7) is 8.66. The van der Waals surface area contributed by atoms with Gasteiger partial charge in [0.2, 0.25) is 5.82 Å². The average molecular weight is 348 g/mol. The van der Waals surface area contributed by atoms with Gasteiger partial charge in [-0.2, -0.15) is 4.37 Å². The Hall–Kier alpha value is -2.02. The summed E-state index contributed by atoms with van der Waals surface area (Å²) in [6.07, 6.45) is 0. The monoisotopic (exact) mass is 348 g/mol. The molecule has 1 aliphatic rings. The third kappa shape index (κ3) is 3.90. The number of ether oxygens (including phenoxy) is 2. The maximum absolute atomic E-state index is 5.80. The van der Waals surface area contributed by atoms with Crippen molar-refractivity contribution < 1.29 is 9.47 Å². The second-order valence-corrected chi connectivity index (χ2v) is 6.80. The first-order chi connectivity index (χ1) is 11.7. The summed E-state index contributed by atoms with van der Waals surface area (Å²) >= 11 is 1.22. The van der Waals surface area contributed by atoms with Crippen molar-refractivity contribution in [1.82, 2.24) is 8.75 Å². The predicted molar refractivity (Wildman–Crippen MR) is 97.7 cm³/mol. The molecule has 0 N–H and O–H groups in total. The predicted octanol–water partition coefficient (Wildman–Crippen LogP) is 2.91. The van der Waals surface area contributed by atoms with Crippen molar-refractivity contribution in [2.24, 2.45) is 5.92 Å². The number of hydrogen-bond acceptors (Lipinski definition) is 7. The van der Waals surface area contributed by atoms with Gasteiger partial charge < -0.3 is 19.3 Å². The Morgan fingerprint density at radius 3 is 2.33 bits per heavy atom. The van der Waals surface area contributed by atoms with E-state index in [1.165, 1.54) is 17.4 Å². The normalized spacial score (nSPS) is 15.0. The number of hydrogen-bond donors (Lipinski definition) is 0. The van der Waals surface area contributed by atoms with E-state index in [4.69, 9.17) is 9.47 Å². The second-order valence-electron chi connectivity index (χ2n) is 6.27. The van der Waals surface area contributed by atoms with Gasteiger partial charge in [0.25, 0.3) is 5.88 Å². The van der Waals surface area contributed by atoms with Gasteiger partial charge in [-0.3, -0.25) is 0 Å². The van der Waals surface area contributed by atoms with Gasteiger partial charge >= 0.3 is 0 Å². The number of benzene rings is 1. The third-order valence-corrected chi connectivity index (χ3v) is 4.51. The van der Waals surface area contributed by atoms with Crippen LogP contribution in [-0.2, 0) is 0 Å². The highest BCUT2D eigenvalue weighted by Crippen LogP contribution is 2.28. The van der Waals surface area contributed by atoms with E-state index in [1.807, 2.05) is 12.1 Å². The van der Waals surface area contributed by atoms with Crippen LogP contribution in [-0.4, -0.2) is 48.6 Å². The molecule has 130 valence electrons. The van der Waals surface area contributed by atoms with Crippen molar-refractivity contribution in [2.75, 3.05) is 49.7 Å². The minimum Gasteiger partial charge on any atom is -0.497 e. The molecule has 1 saturated heterocycles. The number of methoxy groups -OCH3 is 1. The fourth-order valence-electron chi connectivity index (χ4n) is 2.68. The van der Waals surface area contributed by atoms with Crippen LogP contribution in [0.15, 0.2) is 24.3 Å². The minimum atomic E-state index is 0.478. The Morgan fingerprint density at radius 2 is 1.71 bits per heavy atom. The molecule has 0 amide bonds. The molecule has 3 rings (SSSR count). The Kier molecular flexibility index (Phi) is 5.40. The van der Waals surface area contributed by atoms with Gasteiger partial charge in [0.1, 0.15) is 5.75 Å². The fraction of sp³-hybridized carbons (Fsp3) is 0.529. The van der Waals surface area contributed by atoms with E-state index >= 15 is 0 Å². The number of anilines is 2. The highest BCUT2D eigenvalue weighted by molar-refractivity contribution is 6.99. The first kappa shape index (κ1) is 16.8. The summed E-state index contributed by atoms with van der Waals surface area (Å²) in [4.78, 5) is 4.64. The van der Waals surface area contributed by atoms with E-state index in [0.717, 1.165) is 37.7 Å². The van der Waals surface area contributed by atoms with Crippen LogP contribution in [0.2, 0.25) is 0 Å². The Balaban J connectivity index is 1.59. The van der Waals surface area contributed by atoms with Gasteiger partial charge in [0.15, 0.2) is 0 Å². The fourth-order valence-corrected chi connectivity index (χ4v) is 3.20. The minimum absolute atomic E-state index is 0.478. The molecule has 1 aliphatic heterocycles. The standard InChI is InChI=1S/C17H24N4O2S/c1-13(2)12-23-17-16(18-24-19-17)21-10-8-20(9-11-21)14-4-6-15(22-3)7-5-14/h4-7,13H,8-12H2,1-3H3. The molecule has 0 unspecified atom stereocenters. The zero-order chi connectivity index (χ0) is 16.9. The van der Waals surface area contributed by atoms with Gasteiger partial charge in [-0.1, -0.05) is 13.8 Å². The average Bonchev–Trinajstić information content (AvgIpc) is 3.09.